The number of carboxylic acids is 1. The predicted molar refractivity (Wildman–Crippen MR) is 118 cm³/mol. The molecule has 3 aromatic rings. The number of carbonyl (C=O) groups is 1. The first-order chi connectivity index (χ1) is 15.7. The van der Waals surface area contributed by atoms with E-state index in [1.807, 2.05) is 13.8 Å². The lowest BCUT2D eigenvalue weighted by molar-refractivity contribution is -0.136. The highest BCUT2D eigenvalue weighted by molar-refractivity contribution is 7.89. The van der Waals surface area contributed by atoms with Crippen LogP contribution in [-0.4, -0.2) is 52.8 Å². The second-order valence-corrected chi connectivity index (χ2v) is 10.5. The highest BCUT2D eigenvalue weighted by Gasteiger charge is 2.64. The number of piperidine rings is 1. The van der Waals surface area contributed by atoms with E-state index in [9.17, 15) is 22.7 Å². The van der Waals surface area contributed by atoms with Crippen molar-refractivity contribution in [2.45, 2.75) is 37.2 Å². The number of carboxylic acid groups (broad SMARTS) is 1. The van der Waals surface area contributed by atoms with Crippen molar-refractivity contribution in [2.75, 3.05) is 13.2 Å². The number of benzene rings is 2. The van der Waals surface area contributed by atoms with Crippen molar-refractivity contribution < 1.29 is 27.4 Å². The molecule has 0 radical (unpaired) electrons. The molecule has 1 saturated heterocycles. The molecule has 2 aliphatic rings. The molecule has 8 nitrogen and oxygen atoms in total. The Balaban J connectivity index is 1.51. The van der Waals surface area contributed by atoms with E-state index in [-0.39, 0.29) is 41.8 Å². The number of hydrogen-bond donors (Lipinski definition) is 1. The molecule has 0 spiro atoms. The summed E-state index contributed by atoms with van der Waals surface area (Å²) in [4.78, 5) is 11.5. The second-order valence-electron chi connectivity index (χ2n) is 8.60. The third kappa shape index (κ3) is 3.57. The maximum atomic E-state index is 14.1. The van der Waals surface area contributed by atoms with Crippen LogP contribution in [0.1, 0.15) is 25.6 Å². The average molecular weight is 474 g/mol. The molecule has 0 bridgehead atoms. The Bertz CT molecular complexity index is 1340. The molecule has 0 amide bonds. The highest BCUT2D eigenvalue weighted by atomic mass is 32.2. The van der Waals surface area contributed by atoms with Crippen LogP contribution in [0.3, 0.4) is 0 Å². The molecule has 2 heterocycles. The van der Waals surface area contributed by atoms with Crippen molar-refractivity contribution in [3.05, 3.63) is 54.0 Å². The first kappa shape index (κ1) is 21.8. The SMILES string of the molecule is CCOc1ccc(S(=O)(=O)N2C[C@H](n3nc(CC(=O)O)c4ccc(F)cc43)[C@H]3C(C)[C@H]32)cc1. The molecule has 33 heavy (non-hydrogen) atoms. The van der Waals surface area contributed by atoms with Gasteiger partial charge in [-0.3, -0.25) is 9.48 Å². The van der Waals surface area contributed by atoms with Crippen LogP contribution in [0.15, 0.2) is 47.4 Å². The van der Waals surface area contributed by atoms with Gasteiger partial charge in [-0.25, -0.2) is 12.8 Å². The summed E-state index contributed by atoms with van der Waals surface area (Å²) in [6.45, 7) is 4.53. The lowest BCUT2D eigenvalue weighted by Crippen LogP contribution is -2.34. The van der Waals surface area contributed by atoms with Crippen LogP contribution in [0.2, 0.25) is 0 Å². The first-order valence-corrected chi connectivity index (χ1v) is 12.3. The summed E-state index contributed by atoms with van der Waals surface area (Å²) >= 11 is 0. The Morgan fingerprint density at radius 2 is 1.97 bits per heavy atom. The first-order valence-electron chi connectivity index (χ1n) is 10.9. The van der Waals surface area contributed by atoms with Gasteiger partial charge >= 0.3 is 5.97 Å². The molecule has 1 aromatic heterocycles. The summed E-state index contributed by atoms with van der Waals surface area (Å²) in [5.41, 5.74) is 0.824. The number of halogens is 1. The van der Waals surface area contributed by atoms with Crippen LogP contribution in [0.5, 0.6) is 5.75 Å². The molecule has 2 aromatic carbocycles. The number of nitrogens with zero attached hydrogens (tertiary/aromatic N) is 3. The van der Waals surface area contributed by atoms with Gasteiger partial charge in [0.05, 0.1) is 35.2 Å². The quantitative estimate of drug-likeness (QED) is 0.566. The van der Waals surface area contributed by atoms with Crippen LogP contribution in [-0.2, 0) is 21.2 Å². The zero-order valence-electron chi connectivity index (χ0n) is 18.2. The number of fused-ring (bicyclic) bond motifs is 2. The smallest absolute Gasteiger partial charge is 0.309 e. The van der Waals surface area contributed by atoms with Gasteiger partial charge in [-0.15, -0.1) is 0 Å². The summed E-state index contributed by atoms with van der Waals surface area (Å²) in [5.74, 6) is -0.759. The van der Waals surface area contributed by atoms with Crippen molar-refractivity contribution >= 4 is 26.9 Å². The molecule has 1 aliphatic heterocycles. The molecule has 174 valence electrons. The van der Waals surface area contributed by atoms with Crippen LogP contribution in [0.4, 0.5) is 4.39 Å². The third-order valence-corrected chi connectivity index (χ3v) is 8.54. The van der Waals surface area contributed by atoms with Gasteiger partial charge in [-0.2, -0.15) is 9.40 Å². The van der Waals surface area contributed by atoms with E-state index in [1.54, 1.807) is 28.9 Å². The largest absolute Gasteiger partial charge is 0.494 e. The highest BCUT2D eigenvalue weighted by Crippen LogP contribution is 2.57. The Kier molecular flexibility index (Phi) is 5.17. The molecule has 4 atom stereocenters. The normalized spacial score (nSPS) is 24.7. The fourth-order valence-corrected chi connectivity index (χ4v) is 6.90. The van der Waals surface area contributed by atoms with Crippen LogP contribution >= 0.6 is 0 Å². The monoisotopic (exact) mass is 473 g/mol. The Morgan fingerprint density at radius 3 is 2.64 bits per heavy atom. The van der Waals surface area contributed by atoms with E-state index in [0.29, 0.717) is 29.0 Å². The summed E-state index contributed by atoms with van der Waals surface area (Å²) < 4.78 is 49.5. The van der Waals surface area contributed by atoms with Crippen LogP contribution in [0, 0.1) is 17.7 Å². The van der Waals surface area contributed by atoms with Gasteiger partial charge in [0.25, 0.3) is 0 Å². The number of aromatic nitrogens is 2. The van der Waals surface area contributed by atoms with Gasteiger partial charge in [0, 0.05) is 23.9 Å². The van der Waals surface area contributed by atoms with Gasteiger partial charge in [0.15, 0.2) is 0 Å². The van der Waals surface area contributed by atoms with Gasteiger partial charge in [-0.1, -0.05) is 6.92 Å². The number of hydrogen-bond acceptors (Lipinski definition) is 5. The van der Waals surface area contributed by atoms with Crippen molar-refractivity contribution in [1.29, 1.82) is 0 Å². The van der Waals surface area contributed by atoms with Gasteiger partial charge in [0.2, 0.25) is 10.0 Å². The summed E-state index contributed by atoms with van der Waals surface area (Å²) in [6.07, 6.45) is -0.292. The van der Waals surface area contributed by atoms with Gasteiger partial charge < -0.3 is 9.84 Å². The minimum atomic E-state index is -3.76. The van der Waals surface area contributed by atoms with Crippen LogP contribution in [0.25, 0.3) is 10.9 Å². The topological polar surface area (TPSA) is 102 Å². The second kappa shape index (κ2) is 7.81. The van der Waals surface area contributed by atoms with Crippen molar-refractivity contribution in [2.24, 2.45) is 11.8 Å². The molecule has 1 aliphatic carbocycles. The van der Waals surface area contributed by atoms with E-state index in [2.05, 4.69) is 5.10 Å². The molecular weight excluding hydrogens is 449 g/mol. The number of rotatable bonds is 7. The Morgan fingerprint density at radius 1 is 1.24 bits per heavy atom. The lowest BCUT2D eigenvalue weighted by atomic mass is 10.1. The zero-order chi connectivity index (χ0) is 23.5. The molecule has 1 N–H and O–H groups in total. The van der Waals surface area contributed by atoms with E-state index >= 15 is 0 Å². The predicted octanol–water partition coefficient (Wildman–Crippen LogP) is 3.08. The molecule has 1 saturated carbocycles. The van der Waals surface area contributed by atoms with E-state index < -0.39 is 21.8 Å². The van der Waals surface area contributed by atoms with E-state index in [4.69, 9.17) is 4.74 Å². The van der Waals surface area contributed by atoms with E-state index in [1.165, 1.54) is 22.5 Å². The lowest BCUT2D eigenvalue weighted by Gasteiger charge is -2.23. The zero-order valence-corrected chi connectivity index (χ0v) is 19.0. The van der Waals surface area contributed by atoms with Crippen molar-refractivity contribution in [3.63, 3.8) is 0 Å². The molecule has 5 rings (SSSR count). The number of aliphatic carboxylic acids is 1. The van der Waals surface area contributed by atoms with Crippen molar-refractivity contribution in [3.8, 4) is 5.75 Å². The minimum Gasteiger partial charge on any atom is -0.494 e. The third-order valence-electron chi connectivity index (χ3n) is 6.66. The van der Waals surface area contributed by atoms with Gasteiger partial charge in [-0.05, 0) is 55.3 Å². The maximum Gasteiger partial charge on any atom is 0.309 e. The maximum absolute atomic E-state index is 14.1. The molecular formula is C23H24FN3O5S. The average Bonchev–Trinajstić information content (AvgIpc) is 3.09. The van der Waals surface area contributed by atoms with Gasteiger partial charge in [0.1, 0.15) is 11.6 Å². The molecule has 10 heteroatoms. The number of ether oxygens (including phenoxy) is 1. The Hall–Kier alpha value is -2.98. The summed E-state index contributed by atoms with van der Waals surface area (Å²) in [5, 5.41) is 14.3. The fourth-order valence-electron chi connectivity index (χ4n) is 5.14. The molecule has 1 unspecified atom stereocenters. The molecule has 2 fully saturated rings. The van der Waals surface area contributed by atoms with E-state index in [0.717, 1.165) is 0 Å². The summed E-state index contributed by atoms with van der Waals surface area (Å²) in [7, 11) is -3.76. The fraction of sp³-hybridized carbons (Fsp3) is 0.391. The number of sulfonamides is 1. The van der Waals surface area contributed by atoms with Crippen LogP contribution < -0.4 is 4.74 Å². The van der Waals surface area contributed by atoms with Crippen molar-refractivity contribution in [1.82, 2.24) is 14.1 Å². The Labute approximate surface area is 190 Å². The minimum absolute atomic E-state index is 0.0199. The summed E-state index contributed by atoms with van der Waals surface area (Å²) in [6, 6.07) is 10.0. The standard InChI is InChI=1S/C23H24FN3O5S/c1-3-32-15-5-7-16(8-6-15)33(30,31)26-12-20(22-13(2)23(22)26)27-19-10-14(24)4-9-17(19)18(25-27)11-21(28)29/h4-10,13,20,22-23H,3,11-12H2,1-2H3,(H,28,29)/t13?,20-,22+,23+/m0/s1.